The Morgan fingerprint density at radius 3 is 2.80 bits per heavy atom. The zero-order valence-electron chi connectivity index (χ0n) is 16.5. The fourth-order valence-corrected chi connectivity index (χ4v) is 3.27. The number of aliphatic imine (C=N–C) groups is 1. The molecule has 2 heterocycles. The highest BCUT2D eigenvalue weighted by Crippen LogP contribution is 2.25. The van der Waals surface area contributed by atoms with E-state index in [1.165, 1.54) is 11.1 Å². The average Bonchev–Trinajstić information content (AvgIpc) is 3.40. The van der Waals surface area contributed by atoms with Crippen molar-refractivity contribution in [3.8, 4) is 17.1 Å². The summed E-state index contributed by atoms with van der Waals surface area (Å²) in [6.45, 7) is 1.93. The lowest BCUT2D eigenvalue weighted by Crippen LogP contribution is -2.37. The van der Waals surface area contributed by atoms with Crippen LogP contribution in [0.1, 0.15) is 17.0 Å². The molecule has 0 saturated heterocycles. The molecule has 0 aliphatic carbocycles. The number of halogens is 2. The van der Waals surface area contributed by atoms with Crippen LogP contribution in [0.2, 0.25) is 5.02 Å². The monoisotopic (exact) mass is 539 g/mol. The molecule has 0 radical (unpaired) electrons. The molecule has 0 bridgehead atoms. The number of rotatable bonds is 6. The fraction of sp³-hybridized carbons (Fsp3) is 0.286. The van der Waals surface area contributed by atoms with E-state index in [1.807, 2.05) is 12.1 Å². The van der Waals surface area contributed by atoms with Crippen molar-refractivity contribution in [1.82, 2.24) is 20.8 Å². The number of benzene rings is 2. The van der Waals surface area contributed by atoms with Crippen molar-refractivity contribution < 1.29 is 9.26 Å². The third-order valence-electron chi connectivity index (χ3n) is 4.66. The summed E-state index contributed by atoms with van der Waals surface area (Å²) >= 11 is 5.91. The predicted octanol–water partition coefficient (Wildman–Crippen LogP) is 3.85. The van der Waals surface area contributed by atoms with Crippen LogP contribution in [0.15, 0.2) is 52.0 Å². The van der Waals surface area contributed by atoms with Gasteiger partial charge >= 0.3 is 0 Å². The van der Waals surface area contributed by atoms with E-state index in [4.69, 9.17) is 20.9 Å². The van der Waals surface area contributed by atoms with Crippen molar-refractivity contribution in [3.05, 3.63) is 64.5 Å². The van der Waals surface area contributed by atoms with Crippen LogP contribution in [-0.2, 0) is 19.4 Å². The van der Waals surface area contributed by atoms with Gasteiger partial charge in [0.2, 0.25) is 11.7 Å². The highest BCUT2D eigenvalue weighted by atomic mass is 127. The summed E-state index contributed by atoms with van der Waals surface area (Å²) in [5, 5.41) is 11.2. The molecule has 2 aromatic carbocycles. The zero-order chi connectivity index (χ0) is 20.1. The molecule has 0 atom stereocenters. The smallest absolute Gasteiger partial charge is 0.246 e. The average molecular weight is 540 g/mol. The molecule has 1 aliphatic rings. The number of nitrogens with one attached hydrogen (secondary N) is 2. The summed E-state index contributed by atoms with van der Waals surface area (Å²) in [7, 11) is 1.73. The van der Waals surface area contributed by atoms with Crippen molar-refractivity contribution in [2.24, 2.45) is 4.99 Å². The molecular formula is C21H23ClIN5O2. The molecule has 3 aromatic rings. The van der Waals surface area contributed by atoms with Gasteiger partial charge in [0.1, 0.15) is 5.75 Å². The third-order valence-corrected chi connectivity index (χ3v) is 4.91. The first-order valence-corrected chi connectivity index (χ1v) is 9.87. The summed E-state index contributed by atoms with van der Waals surface area (Å²) in [6.07, 6.45) is 1.89. The Hall–Kier alpha value is -2.33. The van der Waals surface area contributed by atoms with Gasteiger partial charge in [0.15, 0.2) is 5.96 Å². The maximum Gasteiger partial charge on any atom is 0.246 e. The molecule has 30 heavy (non-hydrogen) atoms. The Kier molecular flexibility index (Phi) is 7.92. The van der Waals surface area contributed by atoms with Crippen LogP contribution in [0.4, 0.5) is 0 Å². The Morgan fingerprint density at radius 2 is 2.00 bits per heavy atom. The van der Waals surface area contributed by atoms with Crippen LogP contribution in [0.3, 0.4) is 0 Å². The SMILES string of the molecule is CN=C(NCCc1ccc2c(c1)CCO2)NCc1nc(-c2ccc(Cl)cc2)no1.I. The van der Waals surface area contributed by atoms with Gasteiger partial charge < -0.3 is 19.9 Å². The summed E-state index contributed by atoms with van der Waals surface area (Å²) in [5.41, 5.74) is 3.42. The number of hydrogen-bond donors (Lipinski definition) is 2. The first-order valence-electron chi connectivity index (χ1n) is 9.49. The maximum absolute atomic E-state index is 5.91. The molecule has 0 saturated carbocycles. The van der Waals surface area contributed by atoms with Gasteiger partial charge in [0.25, 0.3) is 0 Å². The van der Waals surface area contributed by atoms with Crippen LogP contribution in [0.5, 0.6) is 5.75 Å². The summed E-state index contributed by atoms with van der Waals surface area (Å²) in [4.78, 5) is 8.64. The minimum Gasteiger partial charge on any atom is -0.493 e. The molecule has 7 nitrogen and oxygen atoms in total. The number of hydrogen-bond acceptors (Lipinski definition) is 5. The van der Waals surface area contributed by atoms with E-state index in [-0.39, 0.29) is 24.0 Å². The van der Waals surface area contributed by atoms with Crippen molar-refractivity contribution in [2.75, 3.05) is 20.2 Å². The molecule has 0 amide bonds. The first kappa shape index (κ1) is 22.4. The van der Waals surface area contributed by atoms with Crippen LogP contribution in [-0.4, -0.2) is 36.3 Å². The third kappa shape index (κ3) is 5.63. The quantitative estimate of drug-likeness (QED) is 0.281. The second-order valence-electron chi connectivity index (χ2n) is 6.66. The number of aromatic nitrogens is 2. The van der Waals surface area contributed by atoms with Gasteiger partial charge in [-0.1, -0.05) is 28.9 Å². The van der Waals surface area contributed by atoms with Crippen molar-refractivity contribution in [2.45, 2.75) is 19.4 Å². The summed E-state index contributed by atoms with van der Waals surface area (Å²) in [5.74, 6) is 2.70. The van der Waals surface area contributed by atoms with Gasteiger partial charge in [-0.05, 0) is 47.9 Å². The molecule has 158 valence electrons. The van der Waals surface area contributed by atoms with Crippen molar-refractivity contribution >= 4 is 41.5 Å². The molecular weight excluding hydrogens is 517 g/mol. The number of fused-ring (bicyclic) bond motifs is 1. The lowest BCUT2D eigenvalue weighted by Gasteiger charge is -2.10. The van der Waals surface area contributed by atoms with Crippen molar-refractivity contribution in [1.29, 1.82) is 0 Å². The van der Waals surface area contributed by atoms with Crippen molar-refractivity contribution in [3.63, 3.8) is 0 Å². The molecule has 0 spiro atoms. The highest BCUT2D eigenvalue weighted by molar-refractivity contribution is 14.0. The highest BCUT2D eigenvalue weighted by Gasteiger charge is 2.12. The largest absolute Gasteiger partial charge is 0.493 e. The van der Waals surface area contributed by atoms with E-state index in [0.717, 1.165) is 37.3 Å². The van der Waals surface area contributed by atoms with Crippen LogP contribution in [0, 0.1) is 0 Å². The van der Waals surface area contributed by atoms with Crippen LogP contribution in [0.25, 0.3) is 11.4 Å². The van der Waals surface area contributed by atoms with Gasteiger partial charge in [-0.3, -0.25) is 4.99 Å². The molecule has 2 N–H and O–H groups in total. The Labute approximate surface area is 197 Å². The number of ether oxygens (including phenoxy) is 1. The first-order chi connectivity index (χ1) is 14.2. The van der Waals surface area contributed by atoms with Gasteiger partial charge in [0, 0.05) is 30.6 Å². The Bertz CT molecular complexity index is 1010. The minimum atomic E-state index is 0. The Morgan fingerprint density at radius 1 is 1.17 bits per heavy atom. The second kappa shape index (κ2) is 10.6. The number of nitrogens with zero attached hydrogens (tertiary/aromatic N) is 3. The standard InChI is InChI=1S/C21H22ClN5O2.HI/c1-23-21(24-10-8-14-2-7-18-16(12-14)9-11-28-18)25-13-19-26-20(27-29-19)15-3-5-17(22)6-4-15;/h2-7,12H,8-11,13H2,1H3,(H2,23,24,25);1H. The molecule has 4 rings (SSSR count). The molecule has 1 aliphatic heterocycles. The molecule has 0 fully saturated rings. The van der Waals surface area contributed by atoms with Crippen LogP contribution < -0.4 is 15.4 Å². The van der Waals surface area contributed by atoms with Gasteiger partial charge in [-0.15, -0.1) is 24.0 Å². The Balaban J connectivity index is 0.00000256. The predicted molar refractivity (Wildman–Crippen MR) is 128 cm³/mol. The summed E-state index contributed by atoms with van der Waals surface area (Å²) in [6, 6.07) is 13.7. The van der Waals surface area contributed by atoms with E-state index >= 15 is 0 Å². The fourth-order valence-electron chi connectivity index (χ4n) is 3.14. The molecule has 1 aromatic heterocycles. The van der Waals surface area contributed by atoms with E-state index in [1.54, 1.807) is 19.2 Å². The van der Waals surface area contributed by atoms with E-state index < -0.39 is 0 Å². The van der Waals surface area contributed by atoms with Gasteiger partial charge in [-0.25, -0.2) is 0 Å². The lowest BCUT2D eigenvalue weighted by atomic mass is 10.1. The van der Waals surface area contributed by atoms with Gasteiger partial charge in [0.05, 0.1) is 13.2 Å². The summed E-state index contributed by atoms with van der Waals surface area (Å²) < 4.78 is 10.9. The molecule has 9 heteroatoms. The van der Waals surface area contributed by atoms with E-state index in [2.05, 4.69) is 44.0 Å². The topological polar surface area (TPSA) is 84.6 Å². The lowest BCUT2D eigenvalue weighted by molar-refractivity contribution is 0.357. The number of guanidine groups is 1. The van der Waals surface area contributed by atoms with Gasteiger partial charge in [-0.2, -0.15) is 4.98 Å². The normalized spacial score (nSPS) is 12.7. The minimum absolute atomic E-state index is 0. The molecule has 0 unspecified atom stereocenters. The second-order valence-corrected chi connectivity index (χ2v) is 7.10. The maximum atomic E-state index is 5.91. The zero-order valence-corrected chi connectivity index (χ0v) is 19.6. The van der Waals surface area contributed by atoms with Crippen LogP contribution >= 0.6 is 35.6 Å². The van der Waals surface area contributed by atoms with E-state index in [9.17, 15) is 0 Å². The van der Waals surface area contributed by atoms with E-state index in [0.29, 0.717) is 29.2 Å².